The molecule has 1 saturated heterocycles. The van der Waals surface area contributed by atoms with Crippen LogP contribution >= 0.6 is 11.3 Å². The van der Waals surface area contributed by atoms with Gasteiger partial charge in [-0.25, -0.2) is 4.98 Å². The quantitative estimate of drug-likeness (QED) is 0.911. The van der Waals surface area contributed by atoms with E-state index < -0.39 is 11.4 Å². The maximum atomic E-state index is 11.5. The van der Waals surface area contributed by atoms with Crippen LogP contribution in [0.4, 0.5) is 0 Å². The first kappa shape index (κ1) is 13.5. The number of hydrogen-bond acceptors (Lipinski definition) is 4. The highest BCUT2D eigenvalue weighted by Gasteiger charge is 2.47. The average Bonchev–Trinajstić information content (AvgIpc) is 2.86. The monoisotopic (exact) mass is 268 g/mol. The van der Waals surface area contributed by atoms with E-state index in [0.717, 1.165) is 30.2 Å². The summed E-state index contributed by atoms with van der Waals surface area (Å²) in [6.45, 7) is 8.26. The lowest BCUT2D eigenvalue weighted by molar-refractivity contribution is -0.151. The topological polar surface area (TPSA) is 53.4 Å². The van der Waals surface area contributed by atoms with Gasteiger partial charge in [0.1, 0.15) is 5.01 Å². The molecule has 5 heteroatoms. The number of likely N-dealkylation sites (tertiary alicyclic amines) is 1. The summed E-state index contributed by atoms with van der Waals surface area (Å²) in [5.74, 6) is -0.492. The maximum absolute atomic E-state index is 11.5. The van der Waals surface area contributed by atoms with E-state index in [1.165, 1.54) is 0 Å². The summed E-state index contributed by atoms with van der Waals surface area (Å²) in [5, 5.41) is 12.6. The minimum absolute atomic E-state index is 0.165. The zero-order chi connectivity index (χ0) is 13.3. The number of nitrogens with zero attached hydrogens (tertiary/aromatic N) is 2. The molecule has 0 aromatic carbocycles. The molecule has 1 N–H and O–H groups in total. The molecule has 0 spiro atoms. The van der Waals surface area contributed by atoms with Crippen LogP contribution in [-0.4, -0.2) is 34.0 Å². The lowest BCUT2D eigenvalue weighted by Gasteiger charge is -2.28. The second-order valence-corrected chi connectivity index (χ2v) is 6.40. The van der Waals surface area contributed by atoms with Crippen LogP contribution in [0, 0.1) is 18.3 Å². The molecule has 1 aromatic rings. The molecule has 100 valence electrons. The lowest BCUT2D eigenvalue weighted by Crippen LogP contribution is -2.39. The molecule has 1 atom stereocenters. The van der Waals surface area contributed by atoms with Gasteiger partial charge in [-0.1, -0.05) is 13.8 Å². The van der Waals surface area contributed by atoms with E-state index in [9.17, 15) is 9.90 Å². The molecule has 2 heterocycles. The molecule has 0 amide bonds. The fourth-order valence-electron chi connectivity index (χ4n) is 2.61. The summed E-state index contributed by atoms with van der Waals surface area (Å²) in [6, 6.07) is 0. The number of carboxylic acid groups (broad SMARTS) is 1. The molecule has 1 aliphatic rings. The van der Waals surface area contributed by atoms with Gasteiger partial charge in [-0.2, -0.15) is 0 Å². The van der Waals surface area contributed by atoms with Crippen LogP contribution in [-0.2, 0) is 11.3 Å². The van der Waals surface area contributed by atoms with Crippen LogP contribution in [0.25, 0.3) is 0 Å². The van der Waals surface area contributed by atoms with Crippen molar-refractivity contribution < 1.29 is 9.90 Å². The van der Waals surface area contributed by atoms with Crippen molar-refractivity contribution in [3.05, 3.63) is 16.1 Å². The molecule has 0 bridgehead atoms. The van der Waals surface area contributed by atoms with Gasteiger partial charge in [0.15, 0.2) is 0 Å². The SMILES string of the molecule is Cc1csc(CN2CCC(C(=O)O)(C(C)C)C2)n1. The maximum Gasteiger partial charge on any atom is 0.311 e. The number of thiazole rings is 1. The van der Waals surface area contributed by atoms with Gasteiger partial charge in [-0.3, -0.25) is 9.69 Å². The van der Waals surface area contributed by atoms with Gasteiger partial charge in [0.25, 0.3) is 0 Å². The van der Waals surface area contributed by atoms with E-state index in [4.69, 9.17) is 0 Å². The fourth-order valence-corrected chi connectivity index (χ4v) is 3.42. The third-order valence-electron chi connectivity index (χ3n) is 3.94. The van der Waals surface area contributed by atoms with Gasteiger partial charge < -0.3 is 5.11 Å². The van der Waals surface area contributed by atoms with Crippen LogP contribution in [0.15, 0.2) is 5.38 Å². The molecule has 0 radical (unpaired) electrons. The Kier molecular flexibility index (Phi) is 3.73. The Morgan fingerprint density at radius 1 is 1.67 bits per heavy atom. The Hall–Kier alpha value is -0.940. The summed E-state index contributed by atoms with van der Waals surface area (Å²) in [5.41, 5.74) is 0.467. The summed E-state index contributed by atoms with van der Waals surface area (Å²) in [7, 11) is 0. The highest BCUT2D eigenvalue weighted by atomic mass is 32.1. The summed E-state index contributed by atoms with van der Waals surface area (Å²) in [6.07, 6.45) is 0.740. The van der Waals surface area contributed by atoms with E-state index in [0.29, 0.717) is 6.54 Å². The standard InChI is InChI=1S/C13H20N2O2S/c1-9(2)13(12(16)17)4-5-15(8-13)6-11-14-10(3)7-18-11/h7,9H,4-6,8H2,1-3H3,(H,16,17). The molecule has 18 heavy (non-hydrogen) atoms. The molecule has 1 fully saturated rings. The minimum atomic E-state index is -0.657. The Labute approximate surface area is 112 Å². The third kappa shape index (κ3) is 2.42. The predicted octanol–water partition coefficient (Wildman–Crippen LogP) is 2.38. The van der Waals surface area contributed by atoms with Gasteiger partial charge in [-0.05, 0) is 25.8 Å². The Bertz CT molecular complexity index is 444. The number of carboxylic acids is 1. The number of aliphatic carboxylic acids is 1. The van der Waals surface area contributed by atoms with Crippen molar-refractivity contribution in [3.8, 4) is 0 Å². The van der Waals surface area contributed by atoms with Crippen molar-refractivity contribution in [3.63, 3.8) is 0 Å². The normalized spacial score (nSPS) is 24.9. The second kappa shape index (κ2) is 4.97. The molecule has 1 aromatic heterocycles. The van der Waals surface area contributed by atoms with Gasteiger partial charge in [-0.15, -0.1) is 11.3 Å². The minimum Gasteiger partial charge on any atom is -0.481 e. The molecule has 0 aliphatic carbocycles. The first-order chi connectivity index (χ1) is 8.44. The number of carbonyl (C=O) groups is 1. The zero-order valence-corrected chi connectivity index (χ0v) is 12.0. The Morgan fingerprint density at radius 2 is 2.39 bits per heavy atom. The molecule has 1 aliphatic heterocycles. The van der Waals surface area contributed by atoms with E-state index in [1.54, 1.807) is 11.3 Å². The Balaban J connectivity index is 2.05. The largest absolute Gasteiger partial charge is 0.481 e. The van der Waals surface area contributed by atoms with Crippen molar-refractivity contribution in [2.24, 2.45) is 11.3 Å². The second-order valence-electron chi connectivity index (χ2n) is 5.46. The number of aromatic nitrogens is 1. The zero-order valence-electron chi connectivity index (χ0n) is 11.1. The number of aryl methyl sites for hydroxylation is 1. The molecular weight excluding hydrogens is 248 g/mol. The predicted molar refractivity (Wildman–Crippen MR) is 71.7 cm³/mol. The van der Waals surface area contributed by atoms with Crippen LogP contribution in [0.3, 0.4) is 0 Å². The first-order valence-corrected chi connectivity index (χ1v) is 7.19. The van der Waals surface area contributed by atoms with Crippen molar-refractivity contribution >= 4 is 17.3 Å². The molecule has 1 unspecified atom stereocenters. The summed E-state index contributed by atoms with van der Waals surface area (Å²) in [4.78, 5) is 18.2. The number of hydrogen-bond donors (Lipinski definition) is 1. The smallest absolute Gasteiger partial charge is 0.311 e. The van der Waals surface area contributed by atoms with Gasteiger partial charge in [0.2, 0.25) is 0 Å². The average molecular weight is 268 g/mol. The van der Waals surface area contributed by atoms with Gasteiger partial charge in [0, 0.05) is 17.6 Å². The molecular formula is C13H20N2O2S. The summed E-state index contributed by atoms with van der Waals surface area (Å²) >= 11 is 1.65. The first-order valence-electron chi connectivity index (χ1n) is 6.31. The number of rotatable bonds is 4. The highest BCUT2D eigenvalue weighted by Crippen LogP contribution is 2.38. The fraction of sp³-hybridized carbons (Fsp3) is 0.692. The molecule has 0 saturated carbocycles. The van der Waals surface area contributed by atoms with Crippen LogP contribution in [0.2, 0.25) is 0 Å². The molecule has 2 rings (SSSR count). The van der Waals surface area contributed by atoms with Crippen LogP contribution in [0.1, 0.15) is 31.0 Å². The lowest BCUT2D eigenvalue weighted by atomic mass is 9.76. The van der Waals surface area contributed by atoms with E-state index in [-0.39, 0.29) is 5.92 Å². The van der Waals surface area contributed by atoms with Gasteiger partial charge >= 0.3 is 5.97 Å². The van der Waals surface area contributed by atoms with Crippen LogP contribution < -0.4 is 0 Å². The van der Waals surface area contributed by atoms with E-state index >= 15 is 0 Å². The highest BCUT2D eigenvalue weighted by molar-refractivity contribution is 7.09. The Morgan fingerprint density at radius 3 is 2.83 bits per heavy atom. The van der Waals surface area contributed by atoms with Gasteiger partial charge in [0.05, 0.1) is 12.0 Å². The molecule has 4 nitrogen and oxygen atoms in total. The van der Waals surface area contributed by atoms with Crippen molar-refractivity contribution in [2.45, 2.75) is 33.7 Å². The third-order valence-corrected chi connectivity index (χ3v) is 4.89. The van der Waals surface area contributed by atoms with E-state index in [1.807, 2.05) is 26.2 Å². The van der Waals surface area contributed by atoms with Crippen molar-refractivity contribution in [2.75, 3.05) is 13.1 Å². The van der Waals surface area contributed by atoms with Crippen molar-refractivity contribution in [1.82, 2.24) is 9.88 Å². The van der Waals surface area contributed by atoms with Crippen molar-refractivity contribution in [1.29, 1.82) is 0 Å². The summed E-state index contributed by atoms with van der Waals surface area (Å²) < 4.78 is 0. The van der Waals surface area contributed by atoms with E-state index in [2.05, 4.69) is 9.88 Å². The van der Waals surface area contributed by atoms with Crippen LogP contribution in [0.5, 0.6) is 0 Å².